The van der Waals surface area contributed by atoms with Gasteiger partial charge in [0.05, 0.1) is 24.7 Å². The third-order valence-electron chi connectivity index (χ3n) is 5.68. The van der Waals surface area contributed by atoms with Crippen LogP contribution in [0.3, 0.4) is 0 Å². The molecule has 0 saturated carbocycles. The summed E-state index contributed by atoms with van der Waals surface area (Å²) in [6.45, 7) is 3.88. The van der Waals surface area contributed by atoms with Gasteiger partial charge in [0.25, 0.3) is 11.8 Å². The third kappa shape index (κ3) is 4.05. The molecule has 0 aliphatic carbocycles. The number of aryl methyl sites for hydroxylation is 2. The SMILES string of the molecule is COc1ccc(-c2oc(C)nc2C(=O)N2CSC[C@H]2CNC(=O)c2c(C)nc3sccn23)cc1. The second-order valence-corrected chi connectivity index (χ2v) is 9.75. The van der Waals surface area contributed by atoms with E-state index < -0.39 is 0 Å². The molecular weight excluding hydrogens is 474 g/mol. The number of amides is 2. The van der Waals surface area contributed by atoms with Crippen LogP contribution in [0.25, 0.3) is 16.3 Å². The molecule has 1 aromatic carbocycles. The van der Waals surface area contributed by atoms with Crippen LogP contribution in [0.15, 0.2) is 40.3 Å². The number of thiazole rings is 1. The number of hydrogen-bond donors (Lipinski definition) is 1. The summed E-state index contributed by atoms with van der Waals surface area (Å²) in [4.78, 5) is 37.8. The largest absolute Gasteiger partial charge is 0.497 e. The zero-order valence-corrected chi connectivity index (χ0v) is 20.5. The molecule has 1 aliphatic rings. The predicted molar refractivity (Wildman–Crippen MR) is 131 cm³/mol. The zero-order valence-electron chi connectivity index (χ0n) is 18.9. The van der Waals surface area contributed by atoms with Crippen LogP contribution in [0.5, 0.6) is 5.75 Å². The smallest absolute Gasteiger partial charge is 0.277 e. The number of hydrogen-bond acceptors (Lipinski definition) is 8. The molecule has 1 atom stereocenters. The van der Waals surface area contributed by atoms with Crippen molar-refractivity contribution in [1.82, 2.24) is 24.6 Å². The zero-order chi connectivity index (χ0) is 23.8. The molecule has 0 bridgehead atoms. The van der Waals surface area contributed by atoms with Crippen molar-refractivity contribution >= 4 is 39.9 Å². The number of thioether (sulfide) groups is 1. The third-order valence-corrected chi connectivity index (χ3v) is 7.52. The van der Waals surface area contributed by atoms with E-state index in [1.807, 2.05) is 42.8 Å². The van der Waals surface area contributed by atoms with Crippen molar-refractivity contribution in [3.63, 3.8) is 0 Å². The molecular formula is C23H23N5O4S2. The van der Waals surface area contributed by atoms with Crippen LogP contribution in [-0.4, -0.2) is 62.4 Å². The number of aromatic nitrogens is 3. The van der Waals surface area contributed by atoms with Crippen LogP contribution in [-0.2, 0) is 0 Å². The number of carbonyl (C=O) groups is 2. The van der Waals surface area contributed by atoms with Gasteiger partial charge in [0.15, 0.2) is 22.3 Å². The summed E-state index contributed by atoms with van der Waals surface area (Å²) in [5.41, 5.74) is 2.22. The Morgan fingerprint density at radius 2 is 2.03 bits per heavy atom. The number of rotatable bonds is 6. The Bertz CT molecular complexity index is 1360. The molecule has 1 saturated heterocycles. The molecule has 0 unspecified atom stereocenters. The van der Waals surface area contributed by atoms with Gasteiger partial charge in [-0.25, -0.2) is 9.97 Å². The van der Waals surface area contributed by atoms with Crippen molar-refractivity contribution in [2.24, 2.45) is 0 Å². The Hall–Kier alpha value is -3.31. The first kappa shape index (κ1) is 22.5. The first-order valence-corrected chi connectivity index (χ1v) is 12.7. The lowest BCUT2D eigenvalue weighted by atomic mass is 10.1. The normalized spacial score (nSPS) is 15.7. The van der Waals surface area contributed by atoms with Crippen molar-refractivity contribution in [2.75, 3.05) is 25.3 Å². The van der Waals surface area contributed by atoms with E-state index in [-0.39, 0.29) is 23.6 Å². The summed E-state index contributed by atoms with van der Waals surface area (Å²) in [6.07, 6.45) is 1.84. The summed E-state index contributed by atoms with van der Waals surface area (Å²) in [6, 6.07) is 7.15. The van der Waals surface area contributed by atoms with E-state index >= 15 is 0 Å². The second kappa shape index (κ2) is 9.15. The van der Waals surface area contributed by atoms with E-state index in [2.05, 4.69) is 15.3 Å². The summed E-state index contributed by atoms with van der Waals surface area (Å²) in [5, 5.41) is 4.89. The minimum atomic E-state index is -0.215. The van der Waals surface area contributed by atoms with Crippen LogP contribution < -0.4 is 10.1 Å². The highest BCUT2D eigenvalue weighted by atomic mass is 32.2. The first-order valence-electron chi connectivity index (χ1n) is 10.7. The van der Waals surface area contributed by atoms with Gasteiger partial charge in [-0.3, -0.25) is 14.0 Å². The Labute approximate surface area is 204 Å². The fraction of sp³-hybridized carbons (Fsp3) is 0.304. The number of carbonyl (C=O) groups excluding carboxylic acids is 2. The number of imidazole rings is 1. The van der Waals surface area contributed by atoms with Gasteiger partial charge < -0.3 is 19.4 Å². The van der Waals surface area contributed by atoms with Gasteiger partial charge in [-0.1, -0.05) is 0 Å². The minimum Gasteiger partial charge on any atom is -0.497 e. The molecule has 4 heterocycles. The van der Waals surface area contributed by atoms with Gasteiger partial charge in [0, 0.05) is 36.4 Å². The fourth-order valence-electron chi connectivity index (χ4n) is 3.98. The summed E-state index contributed by atoms with van der Waals surface area (Å²) in [5.74, 6) is 2.39. The number of methoxy groups -OCH3 is 1. The molecule has 9 nitrogen and oxygen atoms in total. The lowest BCUT2D eigenvalue weighted by Crippen LogP contribution is -2.44. The molecule has 5 rings (SSSR count). The topological polar surface area (TPSA) is 102 Å². The van der Waals surface area contributed by atoms with E-state index in [0.717, 1.165) is 16.3 Å². The maximum absolute atomic E-state index is 13.5. The molecule has 4 aromatic rings. The quantitative estimate of drug-likeness (QED) is 0.434. The average molecular weight is 498 g/mol. The summed E-state index contributed by atoms with van der Waals surface area (Å²) in [7, 11) is 1.60. The molecule has 2 amide bonds. The number of benzene rings is 1. The molecule has 0 radical (unpaired) electrons. The van der Waals surface area contributed by atoms with Crippen LogP contribution in [0.2, 0.25) is 0 Å². The minimum absolute atomic E-state index is 0.159. The predicted octanol–water partition coefficient (Wildman–Crippen LogP) is 3.62. The Balaban J connectivity index is 1.33. The number of nitrogens with one attached hydrogen (secondary N) is 1. The van der Waals surface area contributed by atoms with Gasteiger partial charge >= 0.3 is 0 Å². The average Bonchev–Trinajstić information content (AvgIpc) is 3.61. The molecule has 1 aliphatic heterocycles. The maximum atomic E-state index is 13.5. The van der Waals surface area contributed by atoms with Crippen molar-refractivity contribution < 1.29 is 18.7 Å². The highest BCUT2D eigenvalue weighted by Gasteiger charge is 2.34. The van der Waals surface area contributed by atoms with Crippen molar-refractivity contribution in [3.8, 4) is 17.1 Å². The maximum Gasteiger partial charge on any atom is 0.277 e. The van der Waals surface area contributed by atoms with Gasteiger partial charge in [-0.15, -0.1) is 23.1 Å². The molecule has 34 heavy (non-hydrogen) atoms. The van der Waals surface area contributed by atoms with Crippen LogP contribution in [0, 0.1) is 13.8 Å². The first-order chi connectivity index (χ1) is 16.5. The van der Waals surface area contributed by atoms with Crippen LogP contribution in [0.1, 0.15) is 32.6 Å². The highest BCUT2D eigenvalue weighted by molar-refractivity contribution is 7.99. The lowest BCUT2D eigenvalue weighted by Gasteiger charge is -2.23. The van der Waals surface area contributed by atoms with Crippen molar-refractivity contribution in [2.45, 2.75) is 19.9 Å². The van der Waals surface area contributed by atoms with Gasteiger partial charge in [-0.2, -0.15) is 0 Å². The Morgan fingerprint density at radius 3 is 2.79 bits per heavy atom. The number of nitrogens with zero attached hydrogens (tertiary/aromatic N) is 4. The van der Waals surface area contributed by atoms with Gasteiger partial charge in [0.1, 0.15) is 11.4 Å². The summed E-state index contributed by atoms with van der Waals surface area (Å²) >= 11 is 3.13. The fourth-order valence-corrected chi connectivity index (χ4v) is 5.94. The molecule has 11 heteroatoms. The van der Waals surface area contributed by atoms with Crippen molar-refractivity contribution in [1.29, 1.82) is 0 Å². The number of ether oxygens (including phenoxy) is 1. The lowest BCUT2D eigenvalue weighted by molar-refractivity contribution is 0.0731. The molecule has 1 fully saturated rings. The van der Waals surface area contributed by atoms with Crippen LogP contribution >= 0.6 is 23.1 Å². The van der Waals surface area contributed by atoms with E-state index in [9.17, 15) is 9.59 Å². The number of fused-ring (bicyclic) bond motifs is 1. The van der Waals surface area contributed by atoms with Gasteiger partial charge in [0.2, 0.25) is 0 Å². The molecule has 0 spiro atoms. The van der Waals surface area contributed by atoms with E-state index in [0.29, 0.717) is 41.2 Å². The molecule has 1 N–H and O–H groups in total. The monoisotopic (exact) mass is 497 g/mol. The number of oxazole rings is 1. The van der Waals surface area contributed by atoms with E-state index in [1.54, 1.807) is 35.1 Å². The Morgan fingerprint density at radius 1 is 1.24 bits per heavy atom. The highest BCUT2D eigenvalue weighted by Crippen LogP contribution is 2.30. The van der Waals surface area contributed by atoms with E-state index in [1.165, 1.54) is 11.3 Å². The summed E-state index contributed by atoms with van der Waals surface area (Å²) < 4.78 is 12.8. The van der Waals surface area contributed by atoms with Crippen molar-refractivity contribution in [3.05, 3.63) is 58.8 Å². The van der Waals surface area contributed by atoms with Gasteiger partial charge in [-0.05, 0) is 31.2 Å². The second-order valence-electron chi connectivity index (χ2n) is 7.88. The Kier molecular flexibility index (Phi) is 6.05. The van der Waals surface area contributed by atoms with Crippen LogP contribution in [0.4, 0.5) is 0 Å². The van der Waals surface area contributed by atoms with E-state index in [4.69, 9.17) is 9.15 Å². The molecule has 176 valence electrons. The molecule has 3 aromatic heterocycles. The standard InChI is InChI=1S/C23H23N5O4S2/c1-13-19(27-8-9-34-23(27)25-13)21(29)24-10-16-11-33-12-28(16)22(30)18-20(32-14(2)26-18)15-4-6-17(31-3)7-5-15/h4-9,16H,10-12H2,1-3H3,(H,24,29)/t16-/m1/s1.